The molecule has 1 aliphatic rings. The maximum Gasteiger partial charge on any atom is 0.0406 e. The van der Waals surface area contributed by atoms with Gasteiger partial charge in [-0.15, -0.1) is 24.8 Å². The monoisotopic (exact) mass is 415 g/mol. The molecule has 0 aromatic heterocycles. The van der Waals surface area contributed by atoms with E-state index in [2.05, 4.69) is 58.0 Å². The molecule has 1 aliphatic heterocycles. The lowest BCUT2D eigenvalue weighted by atomic mass is 9.99. The van der Waals surface area contributed by atoms with Gasteiger partial charge in [0.15, 0.2) is 0 Å². The predicted octanol–water partition coefficient (Wildman–Crippen LogP) is 3.96. The molecule has 2 N–H and O–H groups in total. The molecule has 6 heteroatoms. The van der Waals surface area contributed by atoms with E-state index in [0.29, 0.717) is 6.04 Å². The molecule has 0 amide bonds. The topological polar surface area (TPSA) is 27.3 Å². The van der Waals surface area contributed by atoms with Crippen LogP contribution >= 0.6 is 36.4 Å². The largest absolute Gasteiger partial charge is 0.314 e. The van der Waals surface area contributed by atoms with Gasteiger partial charge in [-0.3, -0.25) is 4.90 Å². The Kier molecular flexibility index (Phi) is 11.2. The van der Waals surface area contributed by atoms with Gasteiger partial charge in [-0.05, 0) is 29.7 Å². The molecule has 0 saturated carbocycles. The van der Waals surface area contributed by atoms with Crippen LogP contribution in [0.15, 0.2) is 54.6 Å². The minimum atomic E-state index is 0. The van der Waals surface area contributed by atoms with Gasteiger partial charge in [0.2, 0.25) is 0 Å². The van der Waals surface area contributed by atoms with Gasteiger partial charge in [-0.25, -0.2) is 0 Å². The quantitative estimate of drug-likeness (QED) is 0.715. The predicted molar refractivity (Wildman–Crippen MR) is 116 cm³/mol. The standard InChI is InChI=1S/C20H26ClN3.2ClH/c21-19-8-6-17(7-9-19)16-20(18-4-2-1-3-5-18)23-12-15-24-13-10-22-11-14-24;;/h1-9,20,22-23H,10-16H2;2*1H. The minimum absolute atomic E-state index is 0. The molecule has 26 heavy (non-hydrogen) atoms. The van der Waals surface area contributed by atoms with Crippen LogP contribution in [-0.2, 0) is 6.42 Å². The second-order valence-corrected chi connectivity index (χ2v) is 6.78. The fraction of sp³-hybridized carbons (Fsp3) is 0.400. The van der Waals surface area contributed by atoms with Crippen molar-refractivity contribution in [1.29, 1.82) is 0 Å². The molecule has 2 aromatic rings. The number of hydrogen-bond acceptors (Lipinski definition) is 3. The molecule has 1 unspecified atom stereocenters. The van der Waals surface area contributed by atoms with Gasteiger partial charge in [0, 0.05) is 50.3 Å². The van der Waals surface area contributed by atoms with Crippen LogP contribution < -0.4 is 10.6 Å². The van der Waals surface area contributed by atoms with Gasteiger partial charge in [-0.2, -0.15) is 0 Å². The highest BCUT2D eigenvalue weighted by molar-refractivity contribution is 6.30. The molecular weight excluding hydrogens is 389 g/mol. The number of rotatable bonds is 7. The van der Waals surface area contributed by atoms with Crippen LogP contribution in [0.1, 0.15) is 17.2 Å². The Morgan fingerprint density at radius 3 is 2.27 bits per heavy atom. The molecular formula is C20H28Cl3N3. The molecule has 144 valence electrons. The van der Waals surface area contributed by atoms with Gasteiger partial charge in [0.1, 0.15) is 0 Å². The molecule has 1 atom stereocenters. The maximum atomic E-state index is 6.01. The van der Waals surface area contributed by atoms with Crippen LogP contribution in [-0.4, -0.2) is 44.2 Å². The third kappa shape index (κ3) is 7.43. The van der Waals surface area contributed by atoms with E-state index in [9.17, 15) is 0 Å². The maximum absolute atomic E-state index is 6.01. The lowest BCUT2D eigenvalue weighted by Gasteiger charge is -2.28. The molecule has 0 aliphatic carbocycles. The Morgan fingerprint density at radius 1 is 0.962 bits per heavy atom. The first-order valence-electron chi connectivity index (χ1n) is 8.77. The average molecular weight is 417 g/mol. The third-order valence-corrected chi connectivity index (χ3v) is 4.84. The van der Waals surface area contributed by atoms with Crippen LogP contribution in [0, 0.1) is 0 Å². The number of nitrogens with one attached hydrogen (secondary N) is 2. The van der Waals surface area contributed by atoms with Crippen LogP contribution in [0.3, 0.4) is 0 Å². The smallest absolute Gasteiger partial charge is 0.0406 e. The zero-order valence-electron chi connectivity index (χ0n) is 14.9. The summed E-state index contributed by atoms with van der Waals surface area (Å²) in [4.78, 5) is 2.52. The summed E-state index contributed by atoms with van der Waals surface area (Å²) in [5, 5.41) is 7.95. The lowest BCUT2D eigenvalue weighted by molar-refractivity contribution is 0.238. The van der Waals surface area contributed by atoms with Crippen molar-refractivity contribution in [2.75, 3.05) is 39.3 Å². The van der Waals surface area contributed by atoms with Crippen LogP contribution in [0.25, 0.3) is 0 Å². The van der Waals surface area contributed by atoms with Crippen molar-refractivity contribution in [3.63, 3.8) is 0 Å². The van der Waals surface area contributed by atoms with E-state index in [1.54, 1.807) is 0 Å². The van der Waals surface area contributed by atoms with Crippen molar-refractivity contribution in [1.82, 2.24) is 15.5 Å². The van der Waals surface area contributed by atoms with Crippen molar-refractivity contribution in [3.05, 3.63) is 70.7 Å². The number of hydrogen-bond donors (Lipinski definition) is 2. The van der Waals surface area contributed by atoms with E-state index in [1.165, 1.54) is 11.1 Å². The van der Waals surface area contributed by atoms with Gasteiger partial charge < -0.3 is 10.6 Å². The second kappa shape index (κ2) is 12.6. The normalized spacial score (nSPS) is 15.6. The third-order valence-electron chi connectivity index (χ3n) is 4.58. The van der Waals surface area contributed by atoms with Gasteiger partial charge in [0.05, 0.1) is 0 Å². The molecule has 3 rings (SSSR count). The summed E-state index contributed by atoms with van der Waals surface area (Å²) in [5.74, 6) is 0. The number of piperazine rings is 1. The molecule has 1 heterocycles. The van der Waals surface area contributed by atoms with Crippen molar-refractivity contribution in [3.8, 4) is 0 Å². The number of benzene rings is 2. The molecule has 1 saturated heterocycles. The van der Waals surface area contributed by atoms with Crippen LogP contribution in [0.2, 0.25) is 5.02 Å². The highest BCUT2D eigenvalue weighted by atomic mass is 35.5. The Hall–Kier alpha value is -0.810. The summed E-state index contributed by atoms with van der Waals surface area (Å²) in [6.07, 6.45) is 0.975. The van der Waals surface area contributed by atoms with E-state index in [1.807, 2.05) is 12.1 Å². The SMILES string of the molecule is Cl.Cl.Clc1ccc(CC(NCCN2CCNCC2)c2ccccc2)cc1. The van der Waals surface area contributed by atoms with Crippen molar-refractivity contribution >= 4 is 36.4 Å². The lowest BCUT2D eigenvalue weighted by Crippen LogP contribution is -2.46. The highest BCUT2D eigenvalue weighted by Crippen LogP contribution is 2.19. The number of halogens is 3. The van der Waals surface area contributed by atoms with Gasteiger partial charge in [0.25, 0.3) is 0 Å². The first-order chi connectivity index (χ1) is 11.8. The first kappa shape index (κ1) is 23.2. The van der Waals surface area contributed by atoms with Gasteiger partial charge >= 0.3 is 0 Å². The fourth-order valence-electron chi connectivity index (χ4n) is 3.18. The summed E-state index contributed by atoms with van der Waals surface area (Å²) < 4.78 is 0. The second-order valence-electron chi connectivity index (χ2n) is 6.34. The van der Waals surface area contributed by atoms with Crippen molar-refractivity contribution < 1.29 is 0 Å². The first-order valence-corrected chi connectivity index (χ1v) is 9.15. The van der Waals surface area contributed by atoms with E-state index < -0.39 is 0 Å². The summed E-state index contributed by atoms with van der Waals surface area (Å²) in [6.45, 7) is 6.61. The Morgan fingerprint density at radius 2 is 1.62 bits per heavy atom. The van der Waals surface area contributed by atoms with E-state index in [-0.39, 0.29) is 24.8 Å². The van der Waals surface area contributed by atoms with Crippen molar-refractivity contribution in [2.45, 2.75) is 12.5 Å². The molecule has 2 aromatic carbocycles. The molecule has 0 spiro atoms. The zero-order valence-corrected chi connectivity index (χ0v) is 17.3. The Labute approximate surface area is 174 Å². The van der Waals surface area contributed by atoms with Crippen molar-refractivity contribution in [2.24, 2.45) is 0 Å². The Balaban J connectivity index is 0.00000169. The molecule has 3 nitrogen and oxygen atoms in total. The summed E-state index contributed by atoms with van der Waals surface area (Å²) in [7, 11) is 0. The number of nitrogens with zero attached hydrogens (tertiary/aromatic N) is 1. The van der Waals surface area contributed by atoms with Gasteiger partial charge in [-0.1, -0.05) is 54.1 Å². The fourth-order valence-corrected chi connectivity index (χ4v) is 3.31. The highest BCUT2D eigenvalue weighted by Gasteiger charge is 2.13. The molecule has 0 radical (unpaired) electrons. The van der Waals surface area contributed by atoms with E-state index in [4.69, 9.17) is 11.6 Å². The van der Waals surface area contributed by atoms with E-state index in [0.717, 1.165) is 50.7 Å². The van der Waals surface area contributed by atoms with Crippen LogP contribution in [0.4, 0.5) is 0 Å². The average Bonchev–Trinajstić information content (AvgIpc) is 2.64. The van der Waals surface area contributed by atoms with Crippen LogP contribution in [0.5, 0.6) is 0 Å². The summed E-state index contributed by atoms with van der Waals surface area (Å²) >= 11 is 6.01. The van der Waals surface area contributed by atoms with E-state index >= 15 is 0 Å². The molecule has 0 bridgehead atoms. The Bertz CT molecular complexity index is 601. The molecule has 1 fully saturated rings. The minimum Gasteiger partial charge on any atom is -0.314 e. The summed E-state index contributed by atoms with van der Waals surface area (Å²) in [6, 6.07) is 19.2. The zero-order chi connectivity index (χ0) is 16.6. The summed E-state index contributed by atoms with van der Waals surface area (Å²) in [5.41, 5.74) is 2.65.